The molecule has 14 heteroatoms. The summed E-state index contributed by atoms with van der Waals surface area (Å²) in [4.78, 5) is 34.8. The normalized spacial score (nSPS) is 21.1. The second-order valence-electron chi connectivity index (χ2n) is 9.60. The highest BCUT2D eigenvalue weighted by Crippen LogP contribution is 2.59. The molecule has 0 aliphatic heterocycles. The van der Waals surface area contributed by atoms with Gasteiger partial charge >= 0.3 is 6.18 Å². The number of benzene rings is 1. The molecular weight excluding hydrogens is 537 g/mol. The fourth-order valence-corrected chi connectivity index (χ4v) is 4.83. The third-order valence-electron chi connectivity index (χ3n) is 7.13. The maximum Gasteiger partial charge on any atom is 0.398 e. The maximum atomic E-state index is 14.2. The van der Waals surface area contributed by atoms with Crippen LogP contribution in [-0.4, -0.2) is 53.4 Å². The van der Waals surface area contributed by atoms with E-state index in [0.717, 1.165) is 43.0 Å². The van der Waals surface area contributed by atoms with E-state index in [-0.39, 0.29) is 42.5 Å². The fourth-order valence-electron chi connectivity index (χ4n) is 4.73. The van der Waals surface area contributed by atoms with Crippen molar-refractivity contribution in [3.63, 3.8) is 0 Å². The standard InChI is InChI=1S/C24H22BClF6N4O2/c25-23(15-11-33-13-34-12-15,20(38)35-16-5-7-22(28,29)8-6-16)36(19(37)18(26)27)17-3-1-14(2-4-17)21(9-10-21)24(30,31)32/h1-4,11-13,16,18H,5-10H2,(H,35,38)/t18-,23+/m0/s1. The Morgan fingerprint density at radius 3 is 2.08 bits per heavy atom. The van der Waals surface area contributed by atoms with E-state index in [0.29, 0.717) is 4.90 Å². The largest absolute Gasteiger partial charge is 0.398 e. The molecule has 1 heterocycles. The Hall–Kier alpha value is -2.83. The molecule has 2 aliphatic rings. The van der Waals surface area contributed by atoms with Gasteiger partial charge in [0.1, 0.15) is 19.6 Å². The molecule has 2 fully saturated rings. The van der Waals surface area contributed by atoms with Crippen LogP contribution in [0.1, 0.15) is 49.7 Å². The van der Waals surface area contributed by atoms with Gasteiger partial charge in [-0.3, -0.25) is 14.5 Å². The van der Waals surface area contributed by atoms with E-state index < -0.39 is 59.3 Å². The number of hydrogen-bond donors (Lipinski definition) is 1. The zero-order valence-electron chi connectivity index (χ0n) is 19.8. The van der Waals surface area contributed by atoms with Crippen LogP contribution >= 0.6 is 11.6 Å². The molecule has 1 aromatic carbocycles. The first-order valence-corrected chi connectivity index (χ1v) is 12.2. The van der Waals surface area contributed by atoms with Crippen molar-refractivity contribution < 1.29 is 35.9 Å². The van der Waals surface area contributed by atoms with Crippen LogP contribution < -0.4 is 10.2 Å². The number of amides is 2. The van der Waals surface area contributed by atoms with Crippen molar-refractivity contribution in [2.45, 2.75) is 73.1 Å². The first kappa shape index (κ1) is 28.2. The van der Waals surface area contributed by atoms with Crippen molar-refractivity contribution in [1.82, 2.24) is 15.3 Å². The smallest absolute Gasteiger partial charge is 0.352 e. The van der Waals surface area contributed by atoms with E-state index in [9.17, 15) is 35.9 Å². The minimum atomic E-state index is -4.50. The molecule has 2 atom stereocenters. The van der Waals surface area contributed by atoms with Crippen LogP contribution in [0.2, 0.25) is 0 Å². The van der Waals surface area contributed by atoms with Gasteiger partial charge < -0.3 is 5.32 Å². The second kappa shape index (κ2) is 10.1. The van der Waals surface area contributed by atoms with E-state index in [4.69, 9.17) is 19.4 Å². The summed E-state index contributed by atoms with van der Waals surface area (Å²) in [5, 5.41) is 2.54. The van der Waals surface area contributed by atoms with Gasteiger partial charge in [0.25, 0.3) is 11.5 Å². The minimum Gasteiger partial charge on any atom is -0.352 e. The SMILES string of the molecule is [B][C@](C(=O)NC1CCC(F)(F)CC1)(c1cncnc1)N(C(=O)[C@H](F)Cl)c1ccc(C2(C(F)(F)F)CC2)cc1. The molecule has 4 rings (SSSR count). The van der Waals surface area contributed by atoms with Gasteiger partial charge in [-0.15, -0.1) is 0 Å². The van der Waals surface area contributed by atoms with Crippen LogP contribution in [0.25, 0.3) is 0 Å². The number of alkyl halides is 7. The quantitative estimate of drug-likeness (QED) is 0.305. The molecule has 2 aromatic rings. The lowest BCUT2D eigenvalue weighted by molar-refractivity contribution is -0.160. The van der Waals surface area contributed by atoms with Gasteiger partial charge in [-0.2, -0.15) is 13.2 Å². The third-order valence-corrected chi connectivity index (χ3v) is 7.32. The minimum absolute atomic E-state index is 0.0675. The number of aromatic nitrogens is 2. The van der Waals surface area contributed by atoms with Crippen molar-refractivity contribution in [3.8, 4) is 0 Å². The Labute approximate surface area is 220 Å². The van der Waals surface area contributed by atoms with Crippen molar-refractivity contribution >= 4 is 36.9 Å². The van der Waals surface area contributed by atoms with Gasteiger partial charge in [0, 0.05) is 42.5 Å². The summed E-state index contributed by atoms with van der Waals surface area (Å²) in [6.07, 6.45) is -2.55. The highest BCUT2D eigenvalue weighted by atomic mass is 35.5. The van der Waals surface area contributed by atoms with Gasteiger partial charge in [-0.25, -0.2) is 23.1 Å². The van der Waals surface area contributed by atoms with Crippen LogP contribution in [-0.2, 0) is 20.4 Å². The Balaban J connectivity index is 1.75. The van der Waals surface area contributed by atoms with Gasteiger partial charge in [-0.05, 0) is 43.4 Å². The third kappa shape index (κ3) is 5.21. The molecule has 0 saturated heterocycles. The number of nitrogens with zero attached hydrogens (tertiary/aromatic N) is 3. The molecule has 0 bridgehead atoms. The van der Waals surface area contributed by atoms with Crippen molar-refractivity contribution in [2.24, 2.45) is 0 Å². The Bertz CT molecular complexity index is 1170. The van der Waals surface area contributed by atoms with Gasteiger partial charge in [0.2, 0.25) is 11.8 Å². The highest BCUT2D eigenvalue weighted by Gasteiger charge is 2.64. The summed E-state index contributed by atoms with van der Waals surface area (Å²) in [5.74, 6) is -5.42. The van der Waals surface area contributed by atoms with E-state index in [1.807, 2.05) is 0 Å². The van der Waals surface area contributed by atoms with E-state index >= 15 is 0 Å². The number of anilines is 1. The number of hydrogen-bond acceptors (Lipinski definition) is 4. The summed E-state index contributed by atoms with van der Waals surface area (Å²) < 4.78 is 82.3. The molecule has 2 saturated carbocycles. The van der Waals surface area contributed by atoms with Crippen LogP contribution in [0.3, 0.4) is 0 Å². The Morgan fingerprint density at radius 2 is 1.61 bits per heavy atom. The molecule has 38 heavy (non-hydrogen) atoms. The molecule has 1 aromatic heterocycles. The topological polar surface area (TPSA) is 75.2 Å². The predicted octanol–water partition coefficient (Wildman–Crippen LogP) is 4.65. The number of carbonyl (C=O) groups excluding carboxylic acids is 2. The maximum absolute atomic E-state index is 14.2. The molecule has 0 spiro atoms. The summed E-state index contributed by atoms with van der Waals surface area (Å²) in [6.45, 7) is 0. The zero-order chi connectivity index (χ0) is 27.9. The van der Waals surface area contributed by atoms with Crippen LogP contribution in [0.15, 0.2) is 43.0 Å². The molecule has 202 valence electrons. The van der Waals surface area contributed by atoms with Crippen molar-refractivity contribution in [2.75, 3.05) is 4.90 Å². The average Bonchev–Trinajstić information content (AvgIpc) is 3.68. The monoisotopic (exact) mass is 558 g/mol. The number of rotatable bonds is 7. The summed E-state index contributed by atoms with van der Waals surface area (Å²) >= 11 is 5.46. The molecule has 2 radical (unpaired) electrons. The van der Waals surface area contributed by atoms with Crippen molar-refractivity contribution in [3.05, 3.63) is 54.1 Å². The summed E-state index contributed by atoms with van der Waals surface area (Å²) in [5.41, 5.74) is -7.72. The predicted molar refractivity (Wildman–Crippen MR) is 126 cm³/mol. The van der Waals surface area contributed by atoms with Crippen molar-refractivity contribution in [1.29, 1.82) is 0 Å². The van der Waals surface area contributed by atoms with Crippen LogP contribution in [0.4, 0.5) is 32.0 Å². The van der Waals surface area contributed by atoms with Crippen LogP contribution in [0.5, 0.6) is 0 Å². The summed E-state index contributed by atoms with van der Waals surface area (Å²) in [7, 11) is 6.51. The van der Waals surface area contributed by atoms with Gasteiger partial charge in [0.05, 0.1) is 5.41 Å². The van der Waals surface area contributed by atoms with Gasteiger partial charge in [0.15, 0.2) is 0 Å². The Morgan fingerprint density at radius 1 is 1.05 bits per heavy atom. The van der Waals surface area contributed by atoms with E-state index in [1.54, 1.807) is 0 Å². The lowest BCUT2D eigenvalue weighted by Gasteiger charge is -2.42. The van der Waals surface area contributed by atoms with E-state index in [1.165, 1.54) is 0 Å². The summed E-state index contributed by atoms with van der Waals surface area (Å²) in [6, 6.07) is 3.74. The second-order valence-corrected chi connectivity index (χ2v) is 9.98. The van der Waals surface area contributed by atoms with E-state index in [2.05, 4.69) is 15.3 Å². The fraction of sp³-hybridized carbons (Fsp3) is 0.500. The molecule has 2 aliphatic carbocycles. The number of halogens is 7. The molecular formula is C24H22BClF6N4O2. The molecule has 6 nitrogen and oxygen atoms in total. The molecule has 2 amide bonds. The zero-order valence-corrected chi connectivity index (χ0v) is 20.6. The molecule has 0 unspecified atom stereocenters. The first-order chi connectivity index (χ1) is 17.7. The number of nitrogens with one attached hydrogen (secondary N) is 1. The average molecular weight is 559 g/mol. The lowest BCUT2D eigenvalue weighted by Crippen LogP contribution is -2.62. The first-order valence-electron chi connectivity index (χ1n) is 11.7. The highest BCUT2D eigenvalue weighted by molar-refractivity contribution is 6.37. The van der Waals surface area contributed by atoms with Crippen LogP contribution in [0, 0.1) is 0 Å². The van der Waals surface area contributed by atoms with Gasteiger partial charge in [-0.1, -0.05) is 23.7 Å². The Kier molecular flexibility index (Phi) is 7.46. The molecule has 1 N–H and O–H groups in total. The number of carbonyl (C=O) groups is 2. The lowest BCUT2D eigenvalue weighted by atomic mass is 9.69.